The molecule has 5 rings (SSSR count). The average molecular weight is 464 g/mol. The highest BCUT2D eigenvalue weighted by molar-refractivity contribution is 5.81. The molecule has 8 nitrogen and oxygen atoms in total. The summed E-state index contributed by atoms with van der Waals surface area (Å²) in [6.45, 7) is 3.98. The van der Waals surface area contributed by atoms with Crippen molar-refractivity contribution in [2.75, 3.05) is 25.5 Å². The van der Waals surface area contributed by atoms with E-state index >= 15 is 0 Å². The quantitative estimate of drug-likeness (QED) is 0.641. The lowest BCUT2D eigenvalue weighted by Gasteiger charge is -2.42. The van der Waals surface area contributed by atoms with Gasteiger partial charge in [-0.1, -0.05) is 18.2 Å². The molecular weight excluding hydrogens is 433 g/mol. The van der Waals surface area contributed by atoms with Crippen molar-refractivity contribution in [3.63, 3.8) is 0 Å². The fraction of sp³-hybridized carbons (Fsp3) is 0.440. The molecule has 34 heavy (non-hydrogen) atoms. The molecule has 0 aliphatic carbocycles. The molecule has 2 aliphatic heterocycles. The summed E-state index contributed by atoms with van der Waals surface area (Å²) in [5, 5.41) is 7.33. The van der Waals surface area contributed by atoms with Crippen LogP contribution in [0.1, 0.15) is 36.1 Å². The molecule has 9 heteroatoms. The maximum absolute atomic E-state index is 14.7. The van der Waals surface area contributed by atoms with E-state index in [1.165, 1.54) is 6.07 Å². The van der Waals surface area contributed by atoms with Crippen LogP contribution < -0.4 is 5.32 Å². The van der Waals surface area contributed by atoms with Crippen LogP contribution >= 0.6 is 0 Å². The van der Waals surface area contributed by atoms with Gasteiger partial charge in [0, 0.05) is 43.9 Å². The number of hydrogen-bond donors (Lipinski definition) is 1. The number of fused-ring (bicyclic) bond motifs is 1. The second kappa shape index (κ2) is 9.13. The van der Waals surface area contributed by atoms with Crippen molar-refractivity contribution in [1.82, 2.24) is 29.5 Å². The minimum absolute atomic E-state index is 0.0293. The monoisotopic (exact) mass is 463 g/mol. The number of amides is 1. The highest BCUT2D eigenvalue weighted by Gasteiger charge is 2.40. The molecule has 0 bridgehead atoms. The third-order valence-electron chi connectivity index (χ3n) is 7.00. The Morgan fingerprint density at radius 2 is 2.03 bits per heavy atom. The van der Waals surface area contributed by atoms with Crippen molar-refractivity contribution in [1.29, 1.82) is 0 Å². The first kappa shape index (κ1) is 22.5. The number of nitrogens with one attached hydrogen (secondary N) is 1. The van der Waals surface area contributed by atoms with Gasteiger partial charge in [0.2, 0.25) is 11.9 Å². The summed E-state index contributed by atoms with van der Waals surface area (Å²) in [6, 6.07) is 6.88. The zero-order chi connectivity index (χ0) is 23.8. The molecule has 0 radical (unpaired) electrons. The molecular formula is C25H30FN7O. The van der Waals surface area contributed by atoms with Crippen molar-refractivity contribution < 1.29 is 9.18 Å². The van der Waals surface area contributed by atoms with Gasteiger partial charge in [0.15, 0.2) is 0 Å². The standard InChI is InChI=1S/C25H30FN7O/c1-16-10-17-11-27-25(29-18-12-28-32(3)13-18)30-23(17)15-33(16)24(34)20-8-9-31(2)14-21(20)19-6-4-5-7-22(19)26/h4-7,11-13,16,20-21H,8-10,14-15H2,1-3H3,(H,27,29,30)/t16-,20-,21+/m1/s1. The van der Waals surface area contributed by atoms with E-state index in [0.29, 0.717) is 37.4 Å². The van der Waals surface area contributed by atoms with Gasteiger partial charge in [0.1, 0.15) is 5.82 Å². The largest absolute Gasteiger partial charge is 0.333 e. The number of likely N-dealkylation sites (tertiary alicyclic amines) is 1. The van der Waals surface area contributed by atoms with E-state index < -0.39 is 0 Å². The van der Waals surface area contributed by atoms with Crippen molar-refractivity contribution in [2.24, 2.45) is 13.0 Å². The third-order valence-corrected chi connectivity index (χ3v) is 7.00. The van der Waals surface area contributed by atoms with E-state index in [2.05, 4.69) is 27.2 Å². The molecule has 3 aromatic rings. The van der Waals surface area contributed by atoms with Crippen LogP contribution in [-0.2, 0) is 24.8 Å². The zero-order valence-corrected chi connectivity index (χ0v) is 19.8. The number of piperidine rings is 1. The van der Waals surface area contributed by atoms with Crippen molar-refractivity contribution >= 4 is 17.5 Å². The highest BCUT2D eigenvalue weighted by Crippen LogP contribution is 2.36. The summed E-state index contributed by atoms with van der Waals surface area (Å²) in [7, 11) is 3.88. The van der Waals surface area contributed by atoms with Gasteiger partial charge in [0.25, 0.3) is 0 Å². The number of aryl methyl sites for hydroxylation is 1. The van der Waals surface area contributed by atoms with E-state index in [1.807, 2.05) is 43.5 Å². The zero-order valence-electron chi connectivity index (χ0n) is 19.8. The van der Waals surface area contributed by atoms with Crippen LogP contribution in [0.2, 0.25) is 0 Å². The fourth-order valence-corrected chi connectivity index (χ4v) is 5.18. The summed E-state index contributed by atoms with van der Waals surface area (Å²) in [6.07, 6.45) is 6.82. The summed E-state index contributed by atoms with van der Waals surface area (Å²) in [4.78, 5) is 27.1. The van der Waals surface area contributed by atoms with Crippen LogP contribution in [0.15, 0.2) is 42.9 Å². The molecule has 1 N–H and O–H groups in total. The van der Waals surface area contributed by atoms with Crippen molar-refractivity contribution in [3.05, 3.63) is 65.5 Å². The van der Waals surface area contributed by atoms with Gasteiger partial charge in [-0.25, -0.2) is 14.4 Å². The van der Waals surface area contributed by atoms with Gasteiger partial charge in [0.05, 0.1) is 24.1 Å². The number of aromatic nitrogens is 4. The molecule has 1 saturated heterocycles. The summed E-state index contributed by atoms with van der Waals surface area (Å²) < 4.78 is 16.4. The number of rotatable bonds is 4. The Kier molecular flexibility index (Phi) is 6.03. The molecule has 3 atom stereocenters. The molecule has 2 aliphatic rings. The molecule has 2 aromatic heterocycles. The number of hydrogen-bond acceptors (Lipinski definition) is 6. The Balaban J connectivity index is 1.39. The number of carbonyl (C=O) groups excluding carboxylic acids is 1. The molecule has 1 aromatic carbocycles. The minimum Gasteiger partial charge on any atom is -0.333 e. The van der Waals surface area contributed by atoms with Gasteiger partial charge in [-0.3, -0.25) is 9.48 Å². The molecule has 1 fully saturated rings. The maximum Gasteiger partial charge on any atom is 0.227 e. The van der Waals surface area contributed by atoms with Crippen LogP contribution in [0.4, 0.5) is 16.0 Å². The third kappa shape index (κ3) is 4.40. The van der Waals surface area contributed by atoms with Crippen LogP contribution in [0.3, 0.4) is 0 Å². The predicted octanol–water partition coefficient (Wildman–Crippen LogP) is 3.10. The number of anilines is 2. The average Bonchev–Trinajstić information content (AvgIpc) is 3.23. The smallest absolute Gasteiger partial charge is 0.227 e. The first-order chi connectivity index (χ1) is 16.4. The van der Waals surface area contributed by atoms with E-state index in [-0.39, 0.29) is 29.6 Å². The second-order valence-electron chi connectivity index (χ2n) is 9.50. The Hall–Kier alpha value is -3.33. The van der Waals surface area contributed by atoms with E-state index in [1.54, 1.807) is 16.9 Å². The Morgan fingerprint density at radius 1 is 1.21 bits per heavy atom. The van der Waals surface area contributed by atoms with Crippen molar-refractivity contribution in [3.8, 4) is 0 Å². The summed E-state index contributed by atoms with van der Waals surface area (Å²) in [5.41, 5.74) is 3.34. The van der Waals surface area contributed by atoms with Crippen LogP contribution in [0.5, 0.6) is 0 Å². The van der Waals surface area contributed by atoms with Crippen LogP contribution in [0.25, 0.3) is 0 Å². The van der Waals surface area contributed by atoms with Crippen LogP contribution in [-0.4, -0.2) is 61.6 Å². The fourth-order valence-electron chi connectivity index (χ4n) is 5.18. The van der Waals surface area contributed by atoms with Gasteiger partial charge >= 0.3 is 0 Å². The minimum atomic E-state index is -0.257. The first-order valence-electron chi connectivity index (χ1n) is 11.7. The second-order valence-corrected chi connectivity index (χ2v) is 9.50. The SMILES string of the molecule is C[C@@H]1Cc2cnc(Nc3cnn(C)c3)nc2CN1C(=O)[C@@H]1CCN(C)C[C@H]1c1ccccc1F. The Bertz CT molecular complexity index is 1200. The number of halogens is 1. The van der Waals surface area contributed by atoms with Gasteiger partial charge in [-0.2, -0.15) is 5.10 Å². The molecule has 178 valence electrons. The van der Waals surface area contributed by atoms with Gasteiger partial charge in [-0.05, 0) is 50.6 Å². The number of likely N-dealkylation sites (N-methyl/N-ethyl adjacent to an activating group) is 1. The molecule has 4 heterocycles. The van der Waals surface area contributed by atoms with E-state index in [0.717, 1.165) is 23.5 Å². The van der Waals surface area contributed by atoms with Gasteiger partial charge in [-0.15, -0.1) is 0 Å². The number of nitrogens with zero attached hydrogens (tertiary/aromatic N) is 6. The van der Waals surface area contributed by atoms with E-state index in [4.69, 9.17) is 4.98 Å². The summed E-state index contributed by atoms with van der Waals surface area (Å²) in [5.74, 6) is -0.102. The molecule has 0 spiro atoms. The number of benzene rings is 1. The van der Waals surface area contributed by atoms with E-state index in [9.17, 15) is 9.18 Å². The van der Waals surface area contributed by atoms with Crippen LogP contribution in [0, 0.1) is 11.7 Å². The lowest BCUT2D eigenvalue weighted by molar-refractivity contribution is -0.141. The number of carbonyl (C=O) groups is 1. The molecule has 0 saturated carbocycles. The highest BCUT2D eigenvalue weighted by atomic mass is 19.1. The Morgan fingerprint density at radius 3 is 2.79 bits per heavy atom. The van der Waals surface area contributed by atoms with Crippen molar-refractivity contribution in [2.45, 2.75) is 38.3 Å². The normalized spacial score (nSPS) is 22.9. The van der Waals surface area contributed by atoms with Gasteiger partial charge < -0.3 is 15.1 Å². The topological polar surface area (TPSA) is 79.2 Å². The Labute approximate surface area is 198 Å². The maximum atomic E-state index is 14.7. The summed E-state index contributed by atoms with van der Waals surface area (Å²) >= 11 is 0. The first-order valence-corrected chi connectivity index (χ1v) is 11.7. The molecule has 0 unspecified atom stereocenters. The molecule has 1 amide bonds. The predicted molar refractivity (Wildman–Crippen MR) is 127 cm³/mol. The lowest BCUT2D eigenvalue weighted by Crippen LogP contribution is -2.50. The lowest BCUT2D eigenvalue weighted by atomic mass is 9.79.